The van der Waals surface area contributed by atoms with Gasteiger partial charge < -0.3 is 5.32 Å². The molecule has 7 nitrogen and oxygen atoms in total. The second kappa shape index (κ2) is 7.00. The highest BCUT2D eigenvalue weighted by Gasteiger charge is 2.22. The highest BCUT2D eigenvalue weighted by Crippen LogP contribution is 2.21. The molecular formula is C16H22N6OS. The topological polar surface area (TPSA) is 85.9 Å². The minimum absolute atomic E-state index is 0.185. The number of hydrogen-bond acceptors (Lipinski definition) is 6. The Morgan fingerprint density at radius 1 is 1.33 bits per heavy atom. The number of hydrogen-bond donors (Lipinski definition) is 3. The molecule has 0 radical (unpaired) electrons. The van der Waals surface area contributed by atoms with Gasteiger partial charge in [-0.3, -0.25) is 20.1 Å². The summed E-state index contributed by atoms with van der Waals surface area (Å²) in [6, 6.07) is 0. The molecular weight excluding hydrogens is 324 g/mol. The largest absolute Gasteiger partial charge is 0.312 e. The average molecular weight is 346 g/mol. The minimum Gasteiger partial charge on any atom is -0.312 e. The quantitative estimate of drug-likeness (QED) is 0.785. The lowest BCUT2D eigenvalue weighted by Crippen LogP contribution is -2.29. The maximum atomic E-state index is 12.5. The summed E-state index contributed by atoms with van der Waals surface area (Å²) in [4.78, 5) is 19.5. The Morgan fingerprint density at radius 3 is 3.08 bits per heavy atom. The number of carbonyl (C=O) groups excluding carboxylic acids is 1. The van der Waals surface area contributed by atoms with Gasteiger partial charge in [0.15, 0.2) is 10.8 Å². The van der Waals surface area contributed by atoms with Crippen molar-refractivity contribution < 1.29 is 4.79 Å². The van der Waals surface area contributed by atoms with Gasteiger partial charge >= 0.3 is 0 Å². The fourth-order valence-electron chi connectivity index (χ4n) is 3.35. The van der Waals surface area contributed by atoms with Crippen LogP contribution in [0.5, 0.6) is 0 Å². The number of anilines is 1. The summed E-state index contributed by atoms with van der Waals surface area (Å²) in [7, 11) is 0. The van der Waals surface area contributed by atoms with Crippen LogP contribution in [0.25, 0.3) is 0 Å². The van der Waals surface area contributed by atoms with Crippen LogP contribution < -0.4 is 10.6 Å². The fraction of sp³-hybridized carbons (Fsp3) is 0.562. The molecule has 0 aliphatic carbocycles. The molecule has 1 fully saturated rings. The van der Waals surface area contributed by atoms with Crippen molar-refractivity contribution in [2.24, 2.45) is 0 Å². The fourth-order valence-corrected chi connectivity index (χ4v) is 4.05. The van der Waals surface area contributed by atoms with Crippen LogP contribution in [0.15, 0.2) is 5.38 Å². The number of aromatic amines is 1. The number of piperidine rings is 1. The Hall–Kier alpha value is -1.77. The van der Waals surface area contributed by atoms with Crippen molar-refractivity contribution in [3.05, 3.63) is 28.0 Å². The van der Waals surface area contributed by atoms with Gasteiger partial charge in [0.1, 0.15) is 0 Å². The van der Waals surface area contributed by atoms with Gasteiger partial charge in [-0.25, -0.2) is 4.98 Å². The lowest BCUT2D eigenvalue weighted by atomic mass is 10.1. The number of nitrogens with zero attached hydrogens (tertiary/aromatic N) is 3. The van der Waals surface area contributed by atoms with Crippen molar-refractivity contribution in [3.8, 4) is 0 Å². The molecule has 0 saturated carbocycles. The number of H-pyrrole nitrogens is 1. The maximum Gasteiger partial charge on any atom is 0.278 e. The van der Waals surface area contributed by atoms with Gasteiger partial charge in [-0.2, -0.15) is 5.10 Å². The Labute approximate surface area is 144 Å². The standard InChI is InChI=1S/C16H22N6OS/c23-15(14-12-8-17-5-4-13(12)20-21-14)19-16-18-11(10-24-16)9-22-6-2-1-3-7-22/h10,17H,1-9H2,(H,20,21)(H,18,19,23). The molecule has 0 aromatic carbocycles. The lowest BCUT2D eigenvalue weighted by molar-refractivity contribution is 0.102. The molecule has 4 rings (SSSR count). The summed E-state index contributed by atoms with van der Waals surface area (Å²) in [5.74, 6) is -0.185. The normalized spacial score (nSPS) is 18.3. The smallest absolute Gasteiger partial charge is 0.278 e. The predicted molar refractivity (Wildman–Crippen MR) is 93.2 cm³/mol. The van der Waals surface area contributed by atoms with E-state index in [0.29, 0.717) is 17.4 Å². The molecule has 0 spiro atoms. The van der Waals surface area contributed by atoms with E-state index < -0.39 is 0 Å². The molecule has 3 N–H and O–H groups in total. The molecule has 0 atom stereocenters. The first-order valence-electron chi connectivity index (χ1n) is 8.54. The van der Waals surface area contributed by atoms with E-state index in [0.717, 1.165) is 49.6 Å². The van der Waals surface area contributed by atoms with Crippen LogP contribution in [0.3, 0.4) is 0 Å². The summed E-state index contributed by atoms with van der Waals surface area (Å²) < 4.78 is 0. The zero-order valence-corrected chi connectivity index (χ0v) is 14.4. The van der Waals surface area contributed by atoms with Crippen LogP contribution in [0.1, 0.15) is 46.7 Å². The highest BCUT2D eigenvalue weighted by molar-refractivity contribution is 7.13. The molecule has 0 unspecified atom stereocenters. The number of amides is 1. The van der Waals surface area contributed by atoms with Crippen molar-refractivity contribution >= 4 is 22.4 Å². The van der Waals surface area contributed by atoms with Crippen LogP contribution in [-0.4, -0.2) is 45.6 Å². The predicted octanol–water partition coefficient (Wildman–Crippen LogP) is 1.75. The molecule has 2 aromatic heterocycles. The molecule has 2 aromatic rings. The Kier molecular flexibility index (Phi) is 4.59. The van der Waals surface area contributed by atoms with Gasteiger partial charge in [0, 0.05) is 42.7 Å². The maximum absolute atomic E-state index is 12.5. The van der Waals surface area contributed by atoms with Crippen LogP contribution in [0.2, 0.25) is 0 Å². The summed E-state index contributed by atoms with van der Waals surface area (Å²) in [6.07, 6.45) is 4.75. The van der Waals surface area contributed by atoms with Gasteiger partial charge in [-0.1, -0.05) is 6.42 Å². The second-order valence-corrected chi connectivity index (χ2v) is 7.25. The highest BCUT2D eigenvalue weighted by atomic mass is 32.1. The second-order valence-electron chi connectivity index (χ2n) is 6.39. The van der Waals surface area contributed by atoms with Crippen molar-refractivity contribution in [2.75, 3.05) is 25.0 Å². The molecule has 4 heterocycles. The van der Waals surface area contributed by atoms with Gasteiger partial charge in [0.2, 0.25) is 0 Å². The lowest BCUT2D eigenvalue weighted by Gasteiger charge is -2.25. The molecule has 1 saturated heterocycles. The Morgan fingerprint density at radius 2 is 2.21 bits per heavy atom. The van der Waals surface area contributed by atoms with E-state index in [4.69, 9.17) is 0 Å². The molecule has 24 heavy (non-hydrogen) atoms. The van der Waals surface area contributed by atoms with Crippen LogP contribution >= 0.6 is 11.3 Å². The SMILES string of the molecule is O=C(Nc1nc(CN2CCCCC2)cs1)c1n[nH]c2c1CNCC2. The summed E-state index contributed by atoms with van der Waals surface area (Å²) >= 11 is 1.48. The number of nitrogens with one attached hydrogen (secondary N) is 3. The molecule has 0 bridgehead atoms. The first-order valence-corrected chi connectivity index (χ1v) is 9.42. The van der Waals surface area contributed by atoms with E-state index >= 15 is 0 Å². The number of rotatable bonds is 4. The van der Waals surface area contributed by atoms with Crippen molar-refractivity contribution in [3.63, 3.8) is 0 Å². The van der Waals surface area contributed by atoms with Gasteiger partial charge in [0.05, 0.1) is 5.69 Å². The molecule has 1 amide bonds. The number of aromatic nitrogens is 3. The minimum atomic E-state index is -0.185. The van der Waals surface area contributed by atoms with E-state index in [1.165, 1.54) is 30.6 Å². The van der Waals surface area contributed by atoms with Gasteiger partial charge in [0.25, 0.3) is 5.91 Å². The first-order chi connectivity index (χ1) is 11.8. The average Bonchev–Trinajstić information content (AvgIpc) is 3.22. The number of likely N-dealkylation sites (tertiary alicyclic amines) is 1. The Balaban J connectivity index is 1.40. The van der Waals surface area contributed by atoms with E-state index in [1.54, 1.807) is 0 Å². The summed E-state index contributed by atoms with van der Waals surface area (Å²) in [6.45, 7) is 4.76. The van der Waals surface area contributed by atoms with Crippen LogP contribution in [0.4, 0.5) is 5.13 Å². The van der Waals surface area contributed by atoms with E-state index in [-0.39, 0.29) is 5.91 Å². The monoisotopic (exact) mass is 346 g/mol. The third kappa shape index (κ3) is 3.35. The van der Waals surface area contributed by atoms with Crippen LogP contribution in [-0.2, 0) is 19.5 Å². The molecule has 2 aliphatic rings. The third-order valence-electron chi connectivity index (χ3n) is 4.63. The van der Waals surface area contributed by atoms with E-state index in [9.17, 15) is 4.79 Å². The number of carbonyl (C=O) groups is 1. The first kappa shape index (κ1) is 15.7. The van der Waals surface area contributed by atoms with E-state index in [1.807, 2.05) is 5.38 Å². The van der Waals surface area contributed by atoms with E-state index in [2.05, 4.69) is 30.7 Å². The van der Waals surface area contributed by atoms with Crippen molar-refractivity contribution in [2.45, 2.75) is 38.8 Å². The molecule has 8 heteroatoms. The number of fused-ring (bicyclic) bond motifs is 1. The van der Waals surface area contributed by atoms with Crippen molar-refractivity contribution in [1.82, 2.24) is 25.4 Å². The number of thiazole rings is 1. The zero-order valence-electron chi connectivity index (χ0n) is 13.6. The molecule has 128 valence electrons. The van der Waals surface area contributed by atoms with Crippen LogP contribution in [0, 0.1) is 0 Å². The third-order valence-corrected chi connectivity index (χ3v) is 5.43. The molecule has 2 aliphatic heterocycles. The Bertz CT molecular complexity index is 718. The summed E-state index contributed by atoms with van der Waals surface area (Å²) in [5, 5.41) is 16.0. The van der Waals surface area contributed by atoms with Gasteiger partial charge in [-0.05, 0) is 25.9 Å². The zero-order chi connectivity index (χ0) is 16.4. The van der Waals surface area contributed by atoms with Crippen molar-refractivity contribution in [1.29, 1.82) is 0 Å². The van der Waals surface area contributed by atoms with Gasteiger partial charge in [-0.15, -0.1) is 11.3 Å². The summed E-state index contributed by atoms with van der Waals surface area (Å²) in [5.41, 5.74) is 3.54.